The lowest BCUT2D eigenvalue weighted by atomic mass is 10.1. The lowest BCUT2D eigenvalue weighted by Gasteiger charge is -2.09. The van der Waals surface area contributed by atoms with Crippen LogP contribution in [0.4, 0.5) is 5.82 Å². The van der Waals surface area contributed by atoms with Gasteiger partial charge >= 0.3 is 0 Å². The van der Waals surface area contributed by atoms with E-state index in [9.17, 15) is 10.4 Å². The number of methoxy groups -OCH3 is 2. The quantitative estimate of drug-likeness (QED) is 0.625. The molecule has 0 bridgehead atoms. The molecule has 7 nitrogen and oxygen atoms in total. The minimum Gasteiger partial charge on any atom is -0.504 e. The summed E-state index contributed by atoms with van der Waals surface area (Å²) in [6, 6.07) is 8.78. The van der Waals surface area contributed by atoms with Gasteiger partial charge in [0.05, 0.1) is 19.9 Å². The summed E-state index contributed by atoms with van der Waals surface area (Å²) >= 11 is 0. The highest BCUT2D eigenvalue weighted by molar-refractivity contribution is 5.81. The molecule has 0 aliphatic rings. The van der Waals surface area contributed by atoms with E-state index in [0.717, 1.165) is 16.8 Å². The summed E-state index contributed by atoms with van der Waals surface area (Å²) in [7, 11) is 3.04. The van der Waals surface area contributed by atoms with Crippen molar-refractivity contribution >= 4 is 12.0 Å². The molecule has 2 N–H and O–H groups in total. The Balaban J connectivity index is 2.24. The number of hydrogen-bond acceptors (Lipinski definition) is 7. The highest BCUT2D eigenvalue weighted by atomic mass is 16.5. The number of rotatable bonds is 6. The smallest absolute Gasteiger partial charge is 0.164 e. The van der Waals surface area contributed by atoms with Crippen molar-refractivity contribution < 1.29 is 14.6 Å². The van der Waals surface area contributed by atoms with Crippen molar-refractivity contribution in [3.05, 3.63) is 46.6 Å². The van der Waals surface area contributed by atoms with Crippen LogP contribution in [0.1, 0.15) is 22.4 Å². The number of anilines is 1. The fourth-order valence-corrected chi connectivity index (χ4v) is 2.16. The second kappa shape index (κ2) is 7.94. The van der Waals surface area contributed by atoms with Crippen LogP contribution in [0.15, 0.2) is 29.4 Å². The van der Waals surface area contributed by atoms with E-state index in [0.29, 0.717) is 23.7 Å². The lowest BCUT2D eigenvalue weighted by Crippen LogP contribution is -2.03. The van der Waals surface area contributed by atoms with E-state index in [2.05, 4.69) is 21.6 Å². The van der Waals surface area contributed by atoms with Crippen molar-refractivity contribution in [3.63, 3.8) is 0 Å². The van der Waals surface area contributed by atoms with E-state index in [4.69, 9.17) is 9.47 Å². The number of aromatic hydroxyl groups is 1. The molecule has 2 aromatic rings. The number of hydrazone groups is 1. The van der Waals surface area contributed by atoms with Gasteiger partial charge in [0.25, 0.3) is 0 Å². The predicted octanol–water partition coefficient (Wildman–Crippen LogP) is 2.57. The summed E-state index contributed by atoms with van der Waals surface area (Å²) in [5.74, 6) is 0.776. The molecular formula is C17H18N4O3. The molecule has 124 valence electrons. The zero-order valence-corrected chi connectivity index (χ0v) is 13.7. The molecule has 0 saturated heterocycles. The molecule has 7 heteroatoms. The van der Waals surface area contributed by atoms with Crippen LogP contribution in [0.2, 0.25) is 0 Å². The first kappa shape index (κ1) is 17.2. The number of hydrogen-bond donors (Lipinski definition) is 2. The highest BCUT2D eigenvalue weighted by Crippen LogP contribution is 2.25. The molecule has 0 radical (unpaired) electrons. The zero-order valence-electron chi connectivity index (χ0n) is 13.7. The average Bonchev–Trinajstić information content (AvgIpc) is 2.56. The maximum atomic E-state index is 9.58. The fraction of sp³-hybridized carbons (Fsp3) is 0.235. The van der Waals surface area contributed by atoms with Crippen LogP contribution in [0.5, 0.6) is 11.5 Å². The van der Waals surface area contributed by atoms with Gasteiger partial charge in [0.1, 0.15) is 11.6 Å². The Labute approximate surface area is 140 Å². The summed E-state index contributed by atoms with van der Waals surface area (Å²) in [5, 5.41) is 23.0. The van der Waals surface area contributed by atoms with Crippen LogP contribution in [-0.2, 0) is 11.3 Å². The van der Waals surface area contributed by atoms with E-state index in [-0.39, 0.29) is 5.75 Å². The number of aromatic nitrogens is 1. The standard InChI is InChI=1S/C17H18N4O3/c1-11-6-13(10-23-2)14(8-18)17(20-11)21-19-9-12-4-5-15(22)16(7-12)24-3/h4-7,9,22H,10H2,1-3H3,(H,20,21)/b19-9+. The van der Waals surface area contributed by atoms with Gasteiger partial charge in [-0.3, -0.25) is 5.43 Å². The molecule has 1 heterocycles. The summed E-state index contributed by atoms with van der Waals surface area (Å²) in [4.78, 5) is 4.30. The molecule has 0 amide bonds. The number of benzene rings is 1. The van der Waals surface area contributed by atoms with Crippen LogP contribution in [0.3, 0.4) is 0 Å². The Morgan fingerprint density at radius 1 is 1.38 bits per heavy atom. The van der Waals surface area contributed by atoms with Gasteiger partial charge in [-0.15, -0.1) is 0 Å². The molecule has 0 unspecified atom stereocenters. The second-order valence-corrected chi connectivity index (χ2v) is 4.99. The molecule has 0 aliphatic heterocycles. The third-order valence-electron chi connectivity index (χ3n) is 3.23. The third-order valence-corrected chi connectivity index (χ3v) is 3.23. The average molecular weight is 326 g/mol. The van der Waals surface area contributed by atoms with Gasteiger partial charge < -0.3 is 14.6 Å². The van der Waals surface area contributed by atoms with E-state index in [1.165, 1.54) is 13.2 Å². The Kier molecular flexibility index (Phi) is 5.71. The number of pyridine rings is 1. The van der Waals surface area contributed by atoms with Gasteiger partial charge in [0.2, 0.25) is 0 Å². The van der Waals surface area contributed by atoms with Gasteiger partial charge in [-0.2, -0.15) is 10.4 Å². The summed E-state index contributed by atoms with van der Waals surface area (Å²) in [6.45, 7) is 2.15. The largest absolute Gasteiger partial charge is 0.504 e. The fourth-order valence-electron chi connectivity index (χ4n) is 2.16. The first-order chi connectivity index (χ1) is 11.6. The second-order valence-electron chi connectivity index (χ2n) is 4.99. The SMILES string of the molecule is COCc1cc(C)nc(N/N=C/c2ccc(O)c(OC)c2)c1C#N. The van der Waals surface area contributed by atoms with E-state index >= 15 is 0 Å². The van der Waals surface area contributed by atoms with E-state index in [1.807, 2.05) is 13.0 Å². The maximum absolute atomic E-state index is 9.58. The van der Waals surface area contributed by atoms with Crippen LogP contribution < -0.4 is 10.2 Å². The van der Waals surface area contributed by atoms with Crippen molar-refractivity contribution in [1.82, 2.24) is 4.98 Å². The van der Waals surface area contributed by atoms with Crippen LogP contribution >= 0.6 is 0 Å². The Morgan fingerprint density at radius 3 is 2.83 bits per heavy atom. The van der Waals surface area contributed by atoms with Gasteiger partial charge in [0.15, 0.2) is 17.3 Å². The predicted molar refractivity (Wildman–Crippen MR) is 90.3 cm³/mol. The first-order valence-corrected chi connectivity index (χ1v) is 7.14. The number of phenols is 1. The number of nitrogens with zero attached hydrogens (tertiary/aromatic N) is 3. The molecule has 1 aromatic heterocycles. The van der Waals surface area contributed by atoms with Crippen LogP contribution in [-0.4, -0.2) is 30.5 Å². The molecule has 0 fully saturated rings. The Bertz CT molecular complexity index is 797. The molecule has 0 atom stereocenters. The minimum atomic E-state index is 0.0546. The van der Waals surface area contributed by atoms with E-state index in [1.54, 1.807) is 25.5 Å². The zero-order chi connectivity index (χ0) is 17.5. The highest BCUT2D eigenvalue weighted by Gasteiger charge is 2.10. The molecule has 1 aromatic carbocycles. The van der Waals surface area contributed by atoms with Crippen LogP contribution in [0.25, 0.3) is 0 Å². The van der Waals surface area contributed by atoms with Gasteiger partial charge in [-0.05, 0) is 36.8 Å². The molecule has 0 spiro atoms. The van der Waals surface area contributed by atoms with Crippen molar-refractivity contribution in [2.24, 2.45) is 5.10 Å². The van der Waals surface area contributed by atoms with Crippen LogP contribution in [0, 0.1) is 18.3 Å². The van der Waals surface area contributed by atoms with Crippen molar-refractivity contribution in [2.75, 3.05) is 19.6 Å². The number of phenolic OH excluding ortho intramolecular Hbond substituents is 1. The van der Waals surface area contributed by atoms with Gasteiger partial charge in [-0.25, -0.2) is 4.98 Å². The normalized spacial score (nSPS) is 10.6. The van der Waals surface area contributed by atoms with Crippen molar-refractivity contribution in [2.45, 2.75) is 13.5 Å². The van der Waals surface area contributed by atoms with E-state index < -0.39 is 0 Å². The topological polar surface area (TPSA) is 99.8 Å². The molecule has 0 aliphatic carbocycles. The Hall–Kier alpha value is -3.11. The number of nitrogens with one attached hydrogen (secondary N) is 1. The molecule has 24 heavy (non-hydrogen) atoms. The third kappa shape index (κ3) is 4.00. The minimum absolute atomic E-state index is 0.0546. The summed E-state index contributed by atoms with van der Waals surface area (Å²) in [6.07, 6.45) is 1.54. The molecule has 0 saturated carbocycles. The van der Waals surface area contributed by atoms with Crippen molar-refractivity contribution in [3.8, 4) is 17.6 Å². The number of ether oxygens (including phenoxy) is 2. The number of aryl methyl sites for hydroxylation is 1. The molecular weight excluding hydrogens is 308 g/mol. The number of nitriles is 1. The first-order valence-electron chi connectivity index (χ1n) is 7.14. The van der Waals surface area contributed by atoms with Crippen molar-refractivity contribution in [1.29, 1.82) is 5.26 Å². The van der Waals surface area contributed by atoms with Gasteiger partial charge in [0, 0.05) is 18.4 Å². The lowest BCUT2D eigenvalue weighted by molar-refractivity contribution is 0.184. The van der Waals surface area contributed by atoms with Gasteiger partial charge in [-0.1, -0.05) is 0 Å². The summed E-state index contributed by atoms with van der Waals surface area (Å²) in [5.41, 5.74) is 5.40. The summed E-state index contributed by atoms with van der Waals surface area (Å²) < 4.78 is 10.2. The molecule has 2 rings (SSSR count). The Morgan fingerprint density at radius 2 is 2.17 bits per heavy atom. The maximum Gasteiger partial charge on any atom is 0.164 e. The monoisotopic (exact) mass is 326 g/mol.